The Morgan fingerprint density at radius 3 is 2.71 bits per heavy atom. The summed E-state index contributed by atoms with van der Waals surface area (Å²) < 4.78 is 0. The van der Waals surface area contributed by atoms with E-state index < -0.39 is 12.0 Å². The van der Waals surface area contributed by atoms with E-state index in [1.807, 2.05) is 0 Å². The van der Waals surface area contributed by atoms with Crippen LogP contribution in [-0.4, -0.2) is 23.7 Å². The van der Waals surface area contributed by atoms with E-state index in [9.17, 15) is 9.59 Å². The van der Waals surface area contributed by atoms with Gasteiger partial charge in [0.15, 0.2) is 0 Å². The average Bonchev–Trinajstić information content (AvgIpc) is 2.26. The van der Waals surface area contributed by atoms with Crippen molar-refractivity contribution < 1.29 is 14.7 Å². The highest BCUT2D eigenvalue weighted by Crippen LogP contribution is 2.10. The fraction of sp³-hybridized carbons (Fsp3) is 0.0909. The number of carbonyl (C=O) groups is 2. The fourth-order valence-electron chi connectivity index (χ4n) is 1.08. The van der Waals surface area contributed by atoms with Gasteiger partial charge in [-0.3, -0.25) is 0 Å². The first-order valence-corrected chi connectivity index (χ1v) is 5.08. The molecule has 0 fully saturated rings. The van der Waals surface area contributed by atoms with Crippen LogP contribution in [0.5, 0.6) is 0 Å². The molecule has 0 aliphatic heterocycles. The molecule has 1 aromatic carbocycles. The first kappa shape index (κ1) is 13.1. The van der Waals surface area contributed by atoms with Gasteiger partial charge in [0.25, 0.3) is 0 Å². The molecule has 0 atom stereocenters. The molecule has 17 heavy (non-hydrogen) atoms. The van der Waals surface area contributed by atoms with Crippen molar-refractivity contribution in [2.24, 2.45) is 0 Å². The van der Waals surface area contributed by atoms with E-state index >= 15 is 0 Å². The van der Waals surface area contributed by atoms with Crippen molar-refractivity contribution in [2.75, 3.05) is 11.9 Å². The lowest BCUT2D eigenvalue weighted by atomic mass is 10.2. The summed E-state index contributed by atoms with van der Waals surface area (Å²) in [5.74, 6) is -1.05. The van der Waals surface area contributed by atoms with Crippen molar-refractivity contribution in [3.8, 4) is 0 Å². The second-order valence-corrected chi connectivity index (χ2v) is 3.75. The number of anilines is 1. The van der Waals surface area contributed by atoms with Crippen LogP contribution in [0.4, 0.5) is 10.5 Å². The number of hydrogen-bond acceptors (Lipinski definition) is 2. The Balaban J connectivity index is 2.62. The number of hydrogen-bond donors (Lipinski definition) is 3. The second kappa shape index (κ2) is 5.91. The van der Waals surface area contributed by atoms with Gasteiger partial charge in [-0.1, -0.05) is 24.2 Å². The molecule has 3 N–H and O–H groups in total. The van der Waals surface area contributed by atoms with Crippen molar-refractivity contribution in [3.63, 3.8) is 0 Å². The SMILES string of the molecule is C=C(Cl)CNC(=O)Nc1cccc(C(=O)O)c1. The third-order valence-electron chi connectivity index (χ3n) is 1.81. The number of carbonyl (C=O) groups excluding carboxylic acids is 1. The Morgan fingerprint density at radius 1 is 1.41 bits per heavy atom. The average molecular weight is 255 g/mol. The molecular formula is C11H11ClN2O3. The summed E-state index contributed by atoms with van der Waals surface area (Å²) in [5, 5.41) is 14.0. The molecule has 0 heterocycles. The minimum absolute atomic E-state index is 0.101. The quantitative estimate of drug-likeness (QED) is 0.771. The Morgan fingerprint density at radius 2 is 2.12 bits per heavy atom. The molecule has 0 saturated carbocycles. The number of rotatable bonds is 4. The maximum atomic E-state index is 11.3. The van der Waals surface area contributed by atoms with E-state index in [-0.39, 0.29) is 12.1 Å². The highest BCUT2D eigenvalue weighted by atomic mass is 35.5. The predicted octanol–water partition coefficient (Wildman–Crippen LogP) is 2.26. The Bertz CT molecular complexity index is 460. The van der Waals surface area contributed by atoms with Gasteiger partial charge in [-0.2, -0.15) is 0 Å². The van der Waals surface area contributed by atoms with E-state index in [1.165, 1.54) is 12.1 Å². The van der Waals surface area contributed by atoms with Crippen molar-refractivity contribution in [1.29, 1.82) is 0 Å². The molecule has 0 aromatic heterocycles. The Kier molecular flexibility index (Phi) is 4.54. The highest BCUT2D eigenvalue weighted by Gasteiger charge is 2.05. The van der Waals surface area contributed by atoms with Gasteiger partial charge in [-0.25, -0.2) is 9.59 Å². The zero-order chi connectivity index (χ0) is 12.8. The summed E-state index contributed by atoms with van der Waals surface area (Å²) in [6, 6.07) is 5.44. The molecule has 0 radical (unpaired) electrons. The van der Waals surface area contributed by atoms with Gasteiger partial charge in [0.2, 0.25) is 0 Å². The number of carboxylic acid groups (broad SMARTS) is 1. The molecule has 90 valence electrons. The molecule has 6 heteroatoms. The molecule has 5 nitrogen and oxygen atoms in total. The van der Waals surface area contributed by atoms with Crippen molar-refractivity contribution in [2.45, 2.75) is 0 Å². The third kappa shape index (κ3) is 4.56. The van der Waals surface area contributed by atoms with Crippen LogP contribution >= 0.6 is 11.6 Å². The zero-order valence-electron chi connectivity index (χ0n) is 8.87. The number of carboxylic acids is 1. The number of benzene rings is 1. The number of halogens is 1. The number of aromatic carboxylic acids is 1. The van der Waals surface area contributed by atoms with E-state index in [1.54, 1.807) is 12.1 Å². The largest absolute Gasteiger partial charge is 0.478 e. The highest BCUT2D eigenvalue weighted by molar-refractivity contribution is 6.29. The summed E-state index contributed by atoms with van der Waals surface area (Å²) in [6.07, 6.45) is 0. The topological polar surface area (TPSA) is 78.4 Å². The summed E-state index contributed by atoms with van der Waals surface area (Å²) in [5.41, 5.74) is 0.493. The van der Waals surface area contributed by atoms with Crippen LogP contribution in [0.25, 0.3) is 0 Å². The molecule has 0 spiro atoms. The van der Waals surface area contributed by atoms with Gasteiger partial charge in [-0.05, 0) is 18.2 Å². The Labute approximate surface area is 103 Å². The molecule has 2 amide bonds. The first-order valence-electron chi connectivity index (χ1n) is 4.70. The van der Waals surface area contributed by atoms with E-state index in [0.29, 0.717) is 10.7 Å². The molecule has 0 bridgehead atoms. The van der Waals surface area contributed by atoms with Crippen molar-refractivity contribution in [3.05, 3.63) is 41.4 Å². The monoisotopic (exact) mass is 254 g/mol. The minimum atomic E-state index is -1.05. The first-order chi connectivity index (χ1) is 7.99. The van der Waals surface area contributed by atoms with Crippen LogP contribution in [0.1, 0.15) is 10.4 Å². The molecule has 1 rings (SSSR count). The van der Waals surface area contributed by atoms with Crippen molar-refractivity contribution in [1.82, 2.24) is 5.32 Å². The molecule has 0 aliphatic carbocycles. The van der Waals surface area contributed by atoms with Crippen LogP contribution in [0.2, 0.25) is 0 Å². The van der Waals surface area contributed by atoms with Gasteiger partial charge in [0.1, 0.15) is 0 Å². The summed E-state index contributed by atoms with van der Waals surface area (Å²) in [7, 11) is 0. The zero-order valence-corrected chi connectivity index (χ0v) is 9.62. The molecule has 0 unspecified atom stereocenters. The number of nitrogens with one attached hydrogen (secondary N) is 2. The second-order valence-electron chi connectivity index (χ2n) is 3.21. The Hall–Kier alpha value is -2.01. The lowest BCUT2D eigenvalue weighted by Gasteiger charge is -2.07. The van der Waals surface area contributed by atoms with E-state index in [0.717, 1.165) is 0 Å². The summed E-state index contributed by atoms with van der Waals surface area (Å²) in [4.78, 5) is 22.0. The molecular weight excluding hydrogens is 244 g/mol. The van der Waals surface area contributed by atoms with Crippen LogP contribution in [-0.2, 0) is 0 Å². The molecule has 1 aromatic rings. The van der Waals surface area contributed by atoms with Crippen LogP contribution in [0, 0.1) is 0 Å². The third-order valence-corrected chi connectivity index (χ3v) is 1.94. The number of amides is 2. The molecule has 0 aliphatic rings. The number of urea groups is 1. The predicted molar refractivity (Wildman–Crippen MR) is 65.4 cm³/mol. The van der Waals surface area contributed by atoms with Crippen LogP contribution in [0.15, 0.2) is 35.9 Å². The lowest BCUT2D eigenvalue weighted by Crippen LogP contribution is -2.29. The van der Waals surface area contributed by atoms with Gasteiger partial charge >= 0.3 is 12.0 Å². The van der Waals surface area contributed by atoms with Gasteiger partial charge < -0.3 is 15.7 Å². The standard InChI is InChI=1S/C11H11ClN2O3/c1-7(12)6-13-11(17)14-9-4-2-3-8(5-9)10(15)16/h2-5H,1,6H2,(H,15,16)(H2,13,14,17). The van der Waals surface area contributed by atoms with Crippen LogP contribution < -0.4 is 10.6 Å². The van der Waals surface area contributed by atoms with Crippen molar-refractivity contribution >= 4 is 29.3 Å². The summed E-state index contributed by atoms with van der Waals surface area (Å²) in [6.45, 7) is 3.56. The van der Waals surface area contributed by atoms with Gasteiger partial charge in [-0.15, -0.1) is 0 Å². The van der Waals surface area contributed by atoms with Crippen LogP contribution in [0.3, 0.4) is 0 Å². The lowest BCUT2D eigenvalue weighted by molar-refractivity contribution is 0.0697. The van der Waals surface area contributed by atoms with Gasteiger partial charge in [0, 0.05) is 10.7 Å². The van der Waals surface area contributed by atoms with Gasteiger partial charge in [0.05, 0.1) is 12.1 Å². The van der Waals surface area contributed by atoms with E-state index in [2.05, 4.69) is 17.2 Å². The summed E-state index contributed by atoms with van der Waals surface area (Å²) >= 11 is 5.48. The normalized spacial score (nSPS) is 9.47. The maximum Gasteiger partial charge on any atom is 0.335 e. The fourth-order valence-corrected chi connectivity index (χ4v) is 1.15. The maximum absolute atomic E-state index is 11.3. The smallest absolute Gasteiger partial charge is 0.335 e. The molecule has 0 saturated heterocycles. The minimum Gasteiger partial charge on any atom is -0.478 e. The van der Waals surface area contributed by atoms with E-state index in [4.69, 9.17) is 16.7 Å².